The van der Waals surface area contributed by atoms with E-state index in [2.05, 4.69) is 55.6 Å². The first-order valence-electron chi connectivity index (χ1n) is 7.64. The van der Waals surface area contributed by atoms with Crippen LogP contribution in [0, 0.1) is 13.8 Å². The Morgan fingerprint density at radius 1 is 0.900 bits per heavy atom. The zero-order valence-electron chi connectivity index (χ0n) is 12.5. The van der Waals surface area contributed by atoms with Crippen LogP contribution in [0.25, 0.3) is 0 Å². The monoisotopic (exact) mass is 265 g/mol. The van der Waals surface area contributed by atoms with Crippen LogP contribution < -0.4 is 5.32 Å². The first kappa shape index (κ1) is 13.2. The van der Waals surface area contributed by atoms with Crippen LogP contribution in [-0.2, 0) is 19.3 Å². The Balaban J connectivity index is 1.70. The van der Waals surface area contributed by atoms with Crippen molar-refractivity contribution >= 4 is 5.69 Å². The Morgan fingerprint density at radius 3 is 2.45 bits per heavy atom. The molecule has 20 heavy (non-hydrogen) atoms. The number of rotatable bonds is 3. The normalized spacial score (nSPS) is 13.7. The Hall–Kier alpha value is -1.76. The third-order valence-electron chi connectivity index (χ3n) is 4.38. The van der Waals surface area contributed by atoms with Crippen LogP contribution in [-0.4, -0.2) is 6.54 Å². The van der Waals surface area contributed by atoms with Crippen molar-refractivity contribution in [2.75, 3.05) is 11.9 Å². The van der Waals surface area contributed by atoms with Gasteiger partial charge < -0.3 is 5.32 Å². The molecule has 0 aromatic heterocycles. The second-order valence-corrected chi connectivity index (χ2v) is 5.94. The molecule has 1 N–H and O–H groups in total. The summed E-state index contributed by atoms with van der Waals surface area (Å²) in [4.78, 5) is 0. The van der Waals surface area contributed by atoms with Gasteiger partial charge in [-0.15, -0.1) is 0 Å². The van der Waals surface area contributed by atoms with E-state index in [1.54, 1.807) is 0 Å². The fourth-order valence-corrected chi connectivity index (χ4v) is 2.93. The van der Waals surface area contributed by atoms with E-state index < -0.39 is 0 Å². The van der Waals surface area contributed by atoms with Gasteiger partial charge in [-0.3, -0.25) is 0 Å². The molecule has 0 saturated heterocycles. The smallest absolute Gasteiger partial charge is 0.0372 e. The highest BCUT2D eigenvalue weighted by molar-refractivity contribution is 5.54. The van der Waals surface area contributed by atoms with E-state index >= 15 is 0 Å². The van der Waals surface area contributed by atoms with E-state index in [1.165, 1.54) is 46.3 Å². The summed E-state index contributed by atoms with van der Waals surface area (Å²) in [6.45, 7) is 5.49. The maximum Gasteiger partial charge on any atom is 0.0372 e. The van der Waals surface area contributed by atoms with Gasteiger partial charge in [0.1, 0.15) is 0 Å². The minimum absolute atomic E-state index is 1.12. The summed E-state index contributed by atoms with van der Waals surface area (Å²) in [5.74, 6) is 0. The number of fused-ring (bicyclic) bond motifs is 1. The van der Waals surface area contributed by atoms with Crippen molar-refractivity contribution in [2.24, 2.45) is 0 Å². The van der Waals surface area contributed by atoms with E-state index in [0.29, 0.717) is 0 Å². The molecule has 0 bridgehead atoms. The first-order chi connectivity index (χ1) is 9.72. The summed E-state index contributed by atoms with van der Waals surface area (Å²) in [5.41, 5.74) is 8.53. The Bertz CT molecular complexity index is 613. The van der Waals surface area contributed by atoms with Gasteiger partial charge in [0.2, 0.25) is 0 Å². The van der Waals surface area contributed by atoms with Gasteiger partial charge in [-0.05, 0) is 73.4 Å². The molecule has 0 saturated carbocycles. The second kappa shape index (κ2) is 5.70. The van der Waals surface area contributed by atoms with Crippen LogP contribution >= 0.6 is 0 Å². The molecular formula is C19H23N. The molecule has 0 spiro atoms. The van der Waals surface area contributed by atoms with Gasteiger partial charge in [-0.2, -0.15) is 0 Å². The highest BCUT2D eigenvalue weighted by Gasteiger charge is 2.08. The Kier molecular flexibility index (Phi) is 3.77. The summed E-state index contributed by atoms with van der Waals surface area (Å²) in [7, 11) is 0. The van der Waals surface area contributed by atoms with Crippen LogP contribution in [0.3, 0.4) is 0 Å². The molecule has 0 fully saturated rings. The van der Waals surface area contributed by atoms with Crippen LogP contribution in [0.5, 0.6) is 0 Å². The summed E-state index contributed by atoms with van der Waals surface area (Å²) in [6, 6.07) is 13.8. The second-order valence-electron chi connectivity index (χ2n) is 5.94. The number of hydrogen-bond donors (Lipinski definition) is 1. The molecule has 3 rings (SSSR count). The topological polar surface area (TPSA) is 12.0 Å². The molecule has 0 unspecified atom stereocenters. The largest absolute Gasteiger partial charge is 0.385 e. The van der Waals surface area contributed by atoms with Crippen molar-refractivity contribution in [1.29, 1.82) is 0 Å². The minimum Gasteiger partial charge on any atom is -0.385 e. The van der Waals surface area contributed by atoms with Gasteiger partial charge in [-0.25, -0.2) is 0 Å². The molecule has 1 aliphatic heterocycles. The maximum absolute atomic E-state index is 3.48. The van der Waals surface area contributed by atoms with Gasteiger partial charge in [0.25, 0.3) is 0 Å². The Morgan fingerprint density at radius 2 is 1.65 bits per heavy atom. The molecule has 1 heteroatoms. The average molecular weight is 265 g/mol. The molecule has 0 atom stereocenters. The zero-order valence-corrected chi connectivity index (χ0v) is 12.5. The highest BCUT2D eigenvalue weighted by Crippen LogP contribution is 2.23. The van der Waals surface area contributed by atoms with Crippen molar-refractivity contribution < 1.29 is 0 Å². The molecule has 0 amide bonds. The van der Waals surface area contributed by atoms with Crippen molar-refractivity contribution in [1.82, 2.24) is 0 Å². The fourth-order valence-electron chi connectivity index (χ4n) is 2.93. The number of benzene rings is 2. The fraction of sp³-hybridized carbons (Fsp3) is 0.368. The van der Waals surface area contributed by atoms with E-state index in [0.717, 1.165) is 19.4 Å². The van der Waals surface area contributed by atoms with Crippen LogP contribution in [0.4, 0.5) is 5.69 Å². The standard InChI is InChI=1S/C19H23N/c1-14-5-6-16(12-15(14)2)7-8-17-9-10-19-18(13-17)4-3-11-20-19/h5-6,9-10,12-13,20H,3-4,7-8,11H2,1-2H3. The van der Waals surface area contributed by atoms with E-state index in [1.807, 2.05) is 0 Å². The van der Waals surface area contributed by atoms with Crippen molar-refractivity contribution in [3.8, 4) is 0 Å². The molecule has 1 aliphatic rings. The Labute approximate surface area is 122 Å². The first-order valence-corrected chi connectivity index (χ1v) is 7.64. The number of nitrogens with one attached hydrogen (secondary N) is 1. The number of anilines is 1. The summed E-state index contributed by atoms with van der Waals surface area (Å²) in [6.07, 6.45) is 4.75. The molecule has 1 nitrogen and oxygen atoms in total. The van der Waals surface area contributed by atoms with Gasteiger partial charge >= 0.3 is 0 Å². The van der Waals surface area contributed by atoms with E-state index in [9.17, 15) is 0 Å². The van der Waals surface area contributed by atoms with Crippen LogP contribution in [0.2, 0.25) is 0 Å². The third kappa shape index (κ3) is 2.87. The van der Waals surface area contributed by atoms with Gasteiger partial charge in [0.05, 0.1) is 0 Å². The molecule has 0 aliphatic carbocycles. The third-order valence-corrected chi connectivity index (χ3v) is 4.38. The highest BCUT2D eigenvalue weighted by atomic mass is 14.9. The molecule has 2 aromatic rings. The van der Waals surface area contributed by atoms with Gasteiger partial charge in [0.15, 0.2) is 0 Å². The van der Waals surface area contributed by atoms with E-state index in [-0.39, 0.29) is 0 Å². The quantitative estimate of drug-likeness (QED) is 0.864. The molecule has 104 valence electrons. The minimum atomic E-state index is 1.12. The molecule has 1 heterocycles. The lowest BCUT2D eigenvalue weighted by molar-refractivity contribution is 0.825. The maximum atomic E-state index is 3.48. The molecule has 0 radical (unpaired) electrons. The van der Waals surface area contributed by atoms with Gasteiger partial charge in [-0.1, -0.05) is 30.3 Å². The lowest BCUT2D eigenvalue weighted by atomic mass is 9.96. The van der Waals surface area contributed by atoms with Crippen molar-refractivity contribution in [3.63, 3.8) is 0 Å². The summed E-state index contributed by atoms with van der Waals surface area (Å²) >= 11 is 0. The summed E-state index contributed by atoms with van der Waals surface area (Å²) in [5, 5.41) is 3.48. The lowest BCUT2D eigenvalue weighted by Gasteiger charge is -2.18. The number of aryl methyl sites for hydroxylation is 5. The van der Waals surface area contributed by atoms with Crippen LogP contribution in [0.1, 0.15) is 34.2 Å². The molecular weight excluding hydrogens is 242 g/mol. The SMILES string of the molecule is Cc1ccc(CCc2ccc3c(c2)CCCN3)cc1C. The average Bonchev–Trinajstić information content (AvgIpc) is 2.48. The zero-order chi connectivity index (χ0) is 13.9. The predicted molar refractivity (Wildman–Crippen MR) is 86.6 cm³/mol. The predicted octanol–water partition coefficient (Wildman–Crippen LogP) is 4.45. The van der Waals surface area contributed by atoms with Crippen LogP contribution in [0.15, 0.2) is 36.4 Å². The molecule has 2 aromatic carbocycles. The lowest BCUT2D eigenvalue weighted by Crippen LogP contribution is -2.11. The summed E-state index contributed by atoms with van der Waals surface area (Å²) < 4.78 is 0. The van der Waals surface area contributed by atoms with E-state index in [4.69, 9.17) is 0 Å². The van der Waals surface area contributed by atoms with Crippen molar-refractivity contribution in [3.05, 3.63) is 64.2 Å². The van der Waals surface area contributed by atoms with Crippen molar-refractivity contribution in [2.45, 2.75) is 39.5 Å². The number of hydrogen-bond acceptors (Lipinski definition) is 1. The van der Waals surface area contributed by atoms with Gasteiger partial charge in [0, 0.05) is 12.2 Å².